The quantitative estimate of drug-likeness (QED) is 0.383. The topological polar surface area (TPSA) is 114 Å². The van der Waals surface area contributed by atoms with Gasteiger partial charge in [-0.05, 0) is 18.6 Å². The first-order chi connectivity index (χ1) is 14.3. The van der Waals surface area contributed by atoms with Crippen molar-refractivity contribution in [2.75, 3.05) is 21.3 Å². The second-order valence-corrected chi connectivity index (χ2v) is 7.03. The van der Waals surface area contributed by atoms with E-state index in [1.807, 2.05) is 6.92 Å². The Labute approximate surface area is 179 Å². The zero-order valence-corrected chi connectivity index (χ0v) is 18.7. The fourth-order valence-electron chi connectivity index (χ4n) is 2.59. The summed E-state index contributed by atoms with van der Waals surface area (Å²) < 4.78 is 16.2. The van der Waals surface area contributed by atoms with E-state index in [1.165, 1.54) is 39.9 Å². The van der Waals surface area contributed by atoms with E-state index in [0.29, 0.717) is 28.6 Å². The Morgan fingerprint density at radius 2 is 1.47 bits per heavy atom. The van der Waals surface area contributed by atoms with Crippen LogP contribution in [-0.2, 0) is 6.42 Å². The molecule has 0 aliphatic heterocycles. The number of nitro benzene ring substituents is 2. The fourth-order valence-corrected chi connectivity index (χ4v) is 3.72. The first-order valence-corrected chi connectivity index (χ1v) is 10.0. The third-order valence-corrected chi connectivity index (χ3v) is 4.96. The van der Waals surface area contributed by atoms with Gasteiger partial charge in [0.25, 0.3) is 11.4 Å². The van der Waals surface area contributed by atoms with Gasteiger partial charge in [-0.1, -0.05) is 39.0 Å². The van der Waals surface area contributed by atoms with Crippen LogP contribution in [0.4, 0.5) is 11.4 Å². The van der Waals surface area contributed by atoms with Crippen molar-refractivity contribution in [2.45, 2.75) is 43.4 Å². The van der Waals surface area contributed by atoms with Crippen molar-refractivity contribution in [2.24, 2.45) is 0 Å². The van der Waals surface area contributed by atoms with Crippen LogP contribution < -0.4 is 14.2 Å². The van der Waals surface area contributed by atoms with Gasteiger partial charge in [-0.15, -0.1) is 0 Å². The van der Waals surface area contributed by atoms with E-state index >= 15 is 0 Å². The molecule has 30 heavy (non-hydrogen) atoms. The Morgan fingerprint density at radius 1 is 0.867 bits per heavy atom. The van der Waals surface area contributed by atoms with Crippen molar-refractivity contribution in [3.05, 3.63) is 50.1 Å². The molecule has 0 radical (unpaired) electrons. The molecule has 0 aromatic heterocycles. The molecule has 0 fully saturated rings. The zero-order valence-electron chi connectivity index (χ0n) is 17.9. The summed E-state index contributed by atoms with van der Waals surface area (Å²) in [6, 6.07) is 5.25. The fraction of sp³-hybridized carbons (Fsp3) is 0.400. The lowest BCUT2D eigenvalue weighted by molar-refractivity contribution is -0.396. The average molecular weight is 439 g/mol. The van der Waals surface area contributed by atoms with E-state index in [4.69, 9.17) is 14.2 Å². The minimum absolute atomic E-state index is 0.273. The summed E-state index contributed by atoms with van der Waals surface area (Å²) >= 11 is 1.11. The first kappa shape index (κ1) is 25.0. The molecule has 0 aliphatic carbocycles. The van der Waals surface area contributed by atoms with Crippen LogP contribution in [0.2, 0.25) is 0 Å². The third kappa shape index (κ3) is 5.76. The van der Waals surface area contributed by atoms with E-state index in [-0.39, 0.29) is 16.3 Å². The number of methoxy groups -OCH3 is 3. The molecule has 0 aliphatic rings. The number of benzene rings is 2. The second kappa shape index (κ2) is 11.9. The van der Waals surface area contributed by atoms with Crippen molar-refractivity contribution >= 4 is 23.1 Å². The zero-order chi connectivity index (χ0) is 22.8. The molecular formula is C20H26N2O7S. The number of nitro groups is 2. The Hall–Kier alpha value is -3.01. The summed E-state index contributed by atoms with van der Waals surface area (Å²) in [5.41, 5.74) is 0.101. The summed E-state index contributed by atoms with van der Waals surface area (Å²) in [5, 5.41) is 22.3. The number of ether oxygens (including phenoxy) is 3. The standard InChI is InChI=1S/C17H18N2O7S.C3H8/c1-5-11-15(9-13(24-2)17(26-4)16(11)25-3)27-14-7-6-10(18(20)21)8-12(14)19(22)23;1-3-2/h6-9H,5H2,1-4H3;3H2,1-2H3. The molecule has 164 valence electrons. The van der Waals surface area contributed by atoms with Gasteiger partial charge in [0.15, 0.2) is 11.5 Å². The third-order valence-electron chi connectivity index (χ3n) is 3.82. The molecule has 0 atom stereocenters. The molecule has 0 N–H and O–H groups in total. The van der Waals surface area contributed by atoms with Gasteiger partial charge in [0.2, 0.25) is 5.75 Å². The van der Waals surface area contributed by atoms with Gasteiger partial charge in [0.05, 0.1) is 42.1 Å². The lowest BCUT2D eigenvalue weighted by atomic mass is 10.1. The van der Waals surface area contributed by atoms with Gasteiger partial charge < -0.3 is 14.2 Å². The maximum Gasteiger partial charge on any atom is 0.290 e. The highest BCUT2D eigenvalue weighted by Crippen LogP contribution is 2.48. The first-order valence-electron chi connectivity index (χ1n) is 9.21. The Balaban J connectivity index is 0.00000141. The summed E-state index contributed by atoms with van der Waals surface area (Å²) in [5.74, 6) is 1.32. The van der Waals surface area contributed by atoms with Gasteiger partial charge in [-0.25, -0.2) is 0 Å². The van der Waals surface area contributed by atoms with Crippen molar-refractivity contribution < 1.29 is 24.1 Å². The number of non-ortho nitro benzene ring substituents is 1. The molecule has 0 saturated heterocycles. The van der Waals surface area contributed by atoms with Gasteiger partial charge in [0.1, 0.15) is 0 Å². The minimum atomic E-state index is -0.668. The van der Waals surface area contributed by atoms with Crippen LogP contribution in [0.5, 0.6) is 17.2 Å². The Kier molecular flexibility index (Phi) is 9.90. The minimum Gasteiger partial charge on any atom is -0.493 e. The summed E-state index contributed by atoms with van der Waals surface area (Å²) in [4.78, 5) is 21.9. The van der Waals surface area contributed by atoms with Gasteiger partial charge in [-0.3, -0.25) is 20.2 Å². The number of rotatable bonds is 8. The van der Waals surface area contributed by atoms with Crippen molar-refractivity contribution in [3.63, 3.8) is 0 Å². The molecule has 2 rings (SSSR count). The number of hydrogen-bond acceptors (Lipinski definition) is 8. The van der Waals surface area contributed by atoms with Crippen molar-refractivity contribution in [1.82, 2.24) is 0 Å². The van der Waals surface area contributed by atoms with E-state index in [1.54, 1.807) is 6.07 Å². The number of hydrogen-bond donors (Lipinski definition) is 0. The van der Waals surface area contributed by atoms with Gasteiger partial charge >= 0.3 is 0 Å². The van der Waals surface area contributed by atoms with E-state index in [2.05, 4.69) is 13.8 Å². The van der Waals surface area contributed by atoms with E-state index in [0.717, 1.165) is 23.4 Å². The summed E-state index contributed by atoms with van der Waals surface area (Å²) in [7, 11) is 4.47. The van der Waals surface area contributed by atoms with Crippen LogP contribution in [0.25, 0.3) is 0 Å². The maximum atomic E-state index is 11.4. The Bertz CT molecular complexity index is 903. The highest BCUT2D eigenvalue weighted by atomic mass is 32.2. The summed E-state index contributed by atoms with van der Waals surface area (Å²) in [6.45, 7) is 6.16. The largest absolute Gasteiger partial charge is 0.493 e. The van der Waals surface area contributed by atoms with Crippen LogP contribution in [0.3, 0.4) is 0 Å². The monoisotopic (exact) mass is 438 g/mol. The van der Waals surface area contributed by atoms with Crippen molar-refractivity contribution in [3.8, 4) is 17.2 Å². The maximum absolute atomic E-state index is 11.4. The van der Waals surface area contributed by atoms with E-state index in [9.17, 15) is 20.2 Å². The lowest BCUT2D eigenvalue weighted by Gasteiger charge is -2.18. The molecule has 2 aromatic rings. The Morgan fingerprint density at radius 3 is 1.90 bits per heavy atom. The van der Waals surface area contributed by atoms with Crippen molar-refractivity contribution in [1.29, 1.82) is 0 Å². The molecular weight excluding hydrogens is 412 g/mol. The molecule has 0 unspecified atom stereocenters. The average Bonchev–Trinajstić information content (AvgIpc) is 2.72. The molecule has 9 nitrogen and oxygen atoms in total. The van der Waals surface area contributed by atoms with Crippen LogP contribution in [-0.4, -0.2) is 31.2 Å². The van der Waals surface area contributed by atoms with Crippen LogP contribution in [0.15, 0.2) is 34.1 Å². The normalized spacial score (nSPS) is 9.93. The predicted octanol–water partition coefficient (Wildman–Crippen LogP) is 5.66. The molecule has 0 bridgehead atoms. The summed E-state index contributed by atoms with van der Waals surface area (Å²) in [6.07, 6.45) is 1.83. The van der Waals surface area contributed by atoms with Crippen LogP contribution in [0, 0.1) is 20.2 Å². The molecule has 0 amide bonds. The predicted molar refractivity (Wildman–Crippen MR) is 115 cm³/mol. The van der Waals surface area contributed by atoms with Crippen LogP contribution >= 0.6 is 11.8 Å². The van der Waals surface area contributed by atoms with E-state index < -0.39 is 9.85 Å². The SMILES string of the molecule is CCC.CCc1c(Sc2ccc([N+](=O)[O-])cc2[N+](=O)[O-])cc(OC)c(OC)c1OC. The lowest BCUT2D eigenvalue weighted by Crippen LogP contribution is -2.01. The molecule has 0 saturated carbocycles. The number of nitrogens with zero attached hydrogens (tertiary/aromatic N) is 2. The highest BCUT2D eigenvalue weighted by molar-refractivity contribution is 7.99. The second-order valence-electron chi connectivity index (χ2n) is 5.95. The molecule has 0 spiro atoms. The van der Waals surface area contributed by atoms with Crippen LogP contribution in [0.1, 0.15) is 32.8 Å². The smallest absolute Gasteiger partial charge is 0.290 e. The highest BCUT2D eigenvalue weighted by Gasteiger charge is 2.24. The molecule has 0 heterocycles. The molecule has 10 heteroatoms. The molecule has 2 aromatic carbocycles. The van der Waals surface area contributed by atoms with Gasteiger partial charge in [0, 0.05) is 16.5 Å². The van der Waals surface area contributed by atoms with Gasteiger partial charge in [-0.2, -0.15) is 0 Å².